The molecule has 1 atom stereocenters. The molecule has 0 spiro atoms. The Labute approximate surface area is 204 Å². The summed E-state index contributed by atoms with van der Waals surface area (Å²) in [7, 11) is -2.66. The van der Waals surface area contributed by atoms with Crippen LogP contribution < -0.4 is 25.6 Å². The van der Waals surface area contributed by atoms with Gasteiger partial charge in [0.1, 0.15) is 12.2 Å². The lowest BCUT2D eigenvalue weighted by Gasteiger charge is -2.15. The number of hydrogen-bond donors (Lipinski definition) is 4. The summed E-state index contributed by atoms with van der Waals surface area (Å²) in [6.45, 7) is 1.47. The highest BCUT2D eigenvalue weighted by atomic mass is 32.2. The highest BCUT2D eigenvalue weighted by Crippen LogP contribution is 2.25. The van der Waals surface area contributed by atoms with Crippen LogP contribution in [0.15, 0.2) is 53.8 Å². The van der Waals surface area contributed by atoms with E-state index in [1.807, 2.05) is 0 Å². The Balaban J connectivity index is 1.55. The number of hydrogen-bond acceptors (Lipinski definition) is 10. The van der Waals surface area contributed by atoms with Crippen LogP contribution in [0, 0.1) is 10.1 Å². The molecule has 0 saturated carbocycles. The summed E-state index contributed by atoms with van der Waals surface area (Å²) in [5.41, 5.74) is 4.90. The van der Waals surface area contributed by atoms with Gasteiger partial charge in [-0.05, 0) is 49.5 Å². The molecular formula is C18H19N9O6S2. The van der Waals surface area contributed by atoms with Crippen molar-refractivity contribution in [2.75, 3.05) is 17.1 Å². The quantitative estimate of drug-likeness (QED) is 0.186. The van der Waals surface area contributed by atoms with E-state index in [0.717, 1.165) is 10.9 Å². The number of carbonyl (C=O) groups is 1. The largest absolute Gasteiger partial charge is 0.475 e. The van der Waals surface area contributed by atoms with Gasteiger partial charge in [-0.2, -0.15) is 0 Å². The van der Waals surface area contributed by atoms with Crippen LogP contribution in [0.25, 0.3) is 0 Å². The Morgan fingerprint density at radius 2 is 1.86 bits per heavy atom. The van der Waals surface area contributed by atoms with E-state index in [2.05, 4.69) is 36.0 Å². The summed E-state index contributed by atoms with van der Waals surface area (Å²) in [5, 5.41) is 17.7. The molecule has 0 bridgehead atoms. The van der Waals surface area contributed by atoms with Crippen molar-refractivity contribution < 1.29 is 22.9 Å². The van der Waals surface area contributed by atoms with Crippen LogP contribution in [-0.2, 0) is 14.8 Å². The molecule has 4 N–H and O–H groups in total. The molecule has 0 fully saturated rings. The van der Waals surface area contributed by atoms with Crippen molar-refractivity contribution in [3.63, 3.8) is 0 Å². The standard InChI is InChI=1S/C18H19N9O6S2/c1-11(26-10-14(27(29)30)16(24-26)33-2)15(28)22-23-18(34)21-12-4-6-13(7-5-12)35(31,32)25-17-19-8-3-9-20-17/h3-11H,1-2H3,(H,22,28)(H,19,20,25)(H2,21,23,34). The van der Waals surface area contributed by atoms with Crippen LogP contribution >= 0.6 is 12.2 Å². The van der Waals surface area contributed by atoms with Gasteiger partial charge in [-0.25, -0.2) is 27.8 Å². The number of benzene rings is 1. The van der Waals surface area contributed by atoms with Crippen LogP contribution in [0.1, 0.15) is 13.0 Å². The van der Waals surface area contributed by atoms with E-state index in [1.165, 1.54) is 50.7 Å². The summed E-state index contributed by atoms with van der Waals surface area (Å²) >= 11 is 5.11. The zero-order valence-electron chi connectivity index (χ0n) is 18.2. The Bertz CT molecular complexity index is 1330. The molecule has 3 aromatic rings. The molecule has 35 heavy (non-hydrogen) atoms. The van der Waals surface area contributed by atoms with E-state index in [-0.39, 0.29) is 27.5 Å². The van der Waals surface area contributed by atoms with Crippen molar-refractivity contribution in [2.24, 2.45) is 0 Å². The Morgan fingerprint density at radius 3 is 2.43 bits per heavy atom. The fourth-order valence-corrected chi connectivity index (χ4v) is 3.72. The monoisotopic (exact) mass is 521 g/mol. The maximum absolute atomic E-state index is 12.4. The van der Waals surface area contributed by atoms with Gasteiger partial charge in [-0.1, -0.05) is 0 Å². The van der Waals surface area contributed by atoms with Crippen molar-refractivity contribution in [3.8, 4) is 5.88 Å². The fourth-order valence-electron chi connectivity index (χ4n) is 2.59. The third-order valence-electron chi connectivity index (χ3n) is 4.36. The zero-order valence-corrected chi connectivity index (χ0v) is 19.8. The van der Waals surface area contributed by atoms with E-state index in [9.17, 15) is 23.3 Å². The van der Waals surface area contributed by atoms with Crippen molar-refractivity contribution in [2.45, 2.75) is 17.9 Å². The lowest BCUT2D eigenvalue weighted by atomic mass is 10.3. The van der Waals surface area contributed by atoms with E-state index in [0.29, 0.717) is 5.69 Å². The van der Waals surface area contributed by atoms with Gasteiger partial charge in [-0.3, -0.25) is 25.8 Å². The van der Waals surface area contributed by atoms with Crippen LogP contribution in [0.4, 0.5) is 17.3 Å². The third kappa shape index (κ3) is 6.36. The van der Waals surface area contributed by atoms with Gasteiger partial charge in [0.05, 0.1) is 16.9 Å². The number of sulfonamides is 1. The smallest absolute Gasteiger partial charge is 0.350 e. The lowest BCUT2D eigenvalue weighted by Crippen LogP contribution is -2.46. The molecule has 17 heteroatoms. The van der Waals surface area contributed by atoms with Crippen LogP contribution in [0.3, 0.4) is 0 Å². The summed E-state index contributed by atoms with van der Waals surface area (Å²) < 4.78 is 33.0. The minimum atomic E-state index is -3.89. The SMILES string of the molecule is COc1nn(C(C)C(=O)NNC(=S)Nc2ccc(S(=O)(=O)Nc3ncccn3)cc2)cc1[N+](=O)[O-]. The number of thiocarbonyl (C=S) groups is 1. The van der Waals surface area contributed by atoms with Gasteiger partial charge in [0.25, 0.3) is 15.9 Å². The molecule has 1 unspecified atom stereocenters. The Morgan fingerprint density at radius 1 is 1.20 bits per heavy atom. The molecule has 0 aliphatic rings. The average molecular weight is 522 g/mol. The minimum Gasteiger partial charge on any atom is -0.475 e. The van der Waals surface area contributed by atoms with E-state index in [1.54, 1.807) is 6.07 Å². The maximum atomic E-state index is 12.4. The first-order valence-electron chi connectivity index (χ1n) is 9.65. The van der Waals surface area contributed by atoms with E-state index in [4.69, 9.17) is 17.0 Å². The summed E-state index contributed by atoms with van der Waals surface area (Å²) in [5.74, 6) is -0.880. The molecule has 0 aliphatic heterocycles. The first-order valence-corrected chi connectivity index (χ1v) is 11.5. The predicted molar refractivity (Wildman–Crippen MR) is 127 cm³/mol. The van der Waals surface area contributed by atoms with E-state index >= 15 is 0 Å². The van der Waals surface area contributed by atoms with Crippen molar-refractivity contribution >= 4 is 50.6 Å². The molecule has 184 valence electrons. The number of methoxy groups -OCH3 is 1. The molecule has 0 saturated heterocycles. The normalized spacial score (nSPS) is 11.7. The fraction of sp³-hybridized carbons (Fsp3) is 0.167. The van der Waals surface area contributed by atoms with Crippen LogP contribution in [-0.4, -0.2) is 51.2 Å². The molecule has 0 aliphatic carbocycles. The number of carbonyl (C=O) groups excluding carboxylic acids is 1. The molecule has 2 aromatic heterocycles. The maximum Gasteiger partial charge on any atom is 0.350 e. The number of aromatic nitrogens is 4. The minimum absolute atomic E-state index is 0.000920. The van der Waals surface area contributed by atoms with Gasteiger partial charge in [0.15, 0.2) is 5.11 Å². The molecule has 1 aromatic carbocycles. The topological polar surface area (TPSA) is 195 Å². The van der Waals surface area contributed by atoms with Crippen LogP contribution in [0.2, 0.25) is 0 Å². The molecule has 2 heterocycles. The van der Waals surface area contributed by atoms with Gasteiger partial charge < -0.3 is 10.1 Å². The van der Waals surface area contributed by atoms with E-state index < -0.39 is 26.9 Å². The number of amides is 1. The predicted octanol–water partition coefficient (Wildman–Crippen LogP) is 0.970. The van der Waals surface area contributed by atoms with Gasteiger partial charge in [0.2, 0.25) is 5.95 Å². The summed E-state index contributed by atoms with van der Waals surface area (Å²) in [4.78, 5) is 30.3. The molecule has 15 nitrogen and oxygen atoms in total. The highest BCUT2D eigenvalue weighted by Gasteiger charge is 2.25. The van der Waals surface area contributed by atoms with Gasteiger partial charge >= 0.3 is 11.6 Å². The second-order valence-electron chi connectivity index (χ2n) is 6.71. The highest BCUT2D eigenvalue weighted by molar-refractivity contribution is 7.92. The number of nitrogens with zero attached hydrogens (tertiary/aromatic N) is 5. The summed E-state index contributed by atoms with van der Waals surface area (Å²) in [6.07, 6.45) is 3.89. The summed E-state index contributed by atoms with van der Waals surface area (Å²) in [6, 6.07) is 6.24. The number of ether oxygens (including phenoxy) is 1. The van der Waals surface area contributed by atoms with Crippen LogP contribution in [0.5, 0.6) is 5.88 Å². The molecule has 0 radical (unpaired) electrons. The molecular weight excluding hydrogens is 502 g/mol. The van der Waals surface area contributed by atoms with Gasteiger partial charge in [-0.15, -0.1) is 5.10 Å². The van der Waals surface area contributed by atoms with Gasteiger partial charge in [0, 0.05) is 18.1 Å². The first-order chi connectivity index (χ1) is 16.6. The molecule has 1 amide bonds. The number of nitrogens with one attached hydrogen (secondary N) is 4. The number of anilines is 2. The second-order valence-corrected chi connectivity index (χ2v) is 8.80. The van der Waals surface area contributed by atoms with Crippen molar-refractivity contribution in [1.82, 2.24) is 30.6 Å². The number of hydrazine groups is 1. The first kappa shape index (κ1) is 25.2. The zero-order chi connectivity index (χ0) is 25.6. The lowest BCUT2D eigenvalue weighted by molar-refractivity contribution is -0.385. The second kappa shape index (κ2) is 10.7. The number of nitro groups is 1. The average Bonchev–Trinajstić information content (AvgIpc) is 3.28. The Hall–Kier alpha value is -4.38. The third-order valence-corrected chi connectivity index (χ3v) is 5.91. The molecule has 3 rings (SSSR count). The van der Waals surface area contributed by atoms with Crippen molar-refractivity contribution in [3.05, 3.63) is 59.0 Å². The Kier molecular flexibility index (Phi) is 7.72. The number of rotatable bonds is 8. The van der Waals surface area contributed by atoms with Crippen molar-refractivity contribution in [1.29, 1.82) is 0 Å².